The van der Waals surface area contributed by atoms with Crippen molar-refractivity contribution in [3.05, 3.63) is 67.0 Å². The molecule has 1 fully saturated rings. The fourth-order valence-corrected chi connectivity index (χ4v) is 5.24. The summed E-state index contributed by atoms with van der Waals surface area (Å²) < 4.78 is 7.94. The second-order valence-corrected chi connectivity index (χ2v) is 10.9. The van der Waals surface area contributed by atoms with Gasteiger partial charge < -0.3 is 29.7 Å². The van der Waals surface area contributed by atoms with Crippen LogP contribution in [0.2, 0.25) is 0 Å². The number of methoxy groups -OCH3 is 1. The number of hydrogen-bond acceptors (Lipinski definition) is 7. The van der Waals surface area contributed by atoms with Gasteiger partial charge in [-0.1, -0.05) is 31.2 Å². The normalized spacial score (nSPS) is 13.2. The molecule has 4 aromatic rings. The van der Waals surface area contributed by atoms with E-state index in [-0.39, 0.29) is 5.91 Å². The van der Waals surface area contributed by atoms with Crippen molar-refractivity contribution in [2.24, 2.45) is 7.05 Å². The van der Waals surface area contributed by atoms with Crippen molar-refractivity contribution in [2.75, 3.05) is 56.9 Å². The summed E-state index contributed by atoms with van der Waals surface area (Å²) in [6.45, 7) is 5.23. The number of likely N-dealkylation sites (N-methyl/N-ethyl adjacent to an activating group) is 2. The SMILES string of the molecule is C=CC(=O)Nc1cc(Nc2ncc(C3CCC3)c(-c3cn(C)c4ccccc34)n2)c(OC)cc1N(C)CCN(C)C. The predicted octanol–water partition coefficient (Wildman–Crippen LogP) is 5.78. The minimum absolute atomic E-state index is 0.289. The summed E-state index contributed by atoms with van der Waals surface area (Å²) in [6.07, 6.45) is 8.91. The molecule has 0 bridgehead atoms. The van der Waals surface area contributed by atoms with E-state index in [1.807, 2.05) is 39.5 Å². The molecule has 1 saturated carbocycles. The van der Waals surface area contributed by atoms with Gasteiger partial charge in [-0.25, -0.2) is 9.97 Å². The number of anilines is 4. The molecule has 0 saturated heterocycles. The van der Waals surface area contributed by atoms with Crippen LogP contribution in [0.15, 0.2) is 61.4 Å². The van der Waals surface area contributed by atoms with Gasteiger partial charge in [-0.2, -0.15) is 0 Å². The summed E-state index contributed by atoms with van der Waals surface area (Å²) in [5, 5.41) is 7.50. The number of rotatable bonds is 11. The van der Waals surface area contributed by atoms with E-state index < -0.39 is 0 Å². The third kappa shape index (κ3) is 5.90. The highest BCUT2D eigenvalue weighted by molar-refractivity contribution is 6.02. The highest BCUT2D eigenvalue weighted by Gasteiger charge is 2.26. The molecule has 2 aromatic carbocycles. The molecule has 5 rings (SSSR count). The lowest BCUT2D eigenvalue weighted by Crippen LogP contribution is -2.29. The number of ether oxygens (including phenoxy) is 1. The number of para-hydroxylation sites is 1. The molecule has 2 N–H and O–H groups in total. The first kappa shape index (κ1) is 28.2. The molecule has 2 heterocycles. The molecule has 1 aliphatic carbocycles. The number of nitrogens with zero attached hydrogens (tertiary/aromatic N) is 5. The van der Waals surface area contributed by atoms with Crippen LogP contribution in [-0.4, -0.2) is 66.7 Å². The Hall–Kier alpha value is -4.37. The number of aryl methyl sites for hydroxylation is 1. The van der Waals surface area contributed by atoms with E-state index in [0.29, 0.717) is 29.0 Å². The van der Waals surface area contributed by atoms with Crippen molar-refractivity contribution in [1.29, 1.82) is 0 Å². The number of benzene rings is 2. The second kappa shape index (κ2) is 12.0. The van der Waals surface area contributed by atoms with E-state index in [1.165, 1.54) is 18.1 Å². The van der Waals surface area contributed by atoms with Gasteiger partial charge in [0.2, 0.25) is 11.9 Å². The lowest BCUT2D eigenvalue weighted by Gasteiger charge is -2.27. The van der Waals surface area contributed by atoms with Gasteiger partial charge in [0.1, 0.15) is 5.75 Å². The van der Waals surface area contributed by atoms with Crippen molar-refractivity contribution in [2.45, 2.75) is 25.2 Å². The number of aromatic nitrogens is 3. The lowest BCUT2D eigenvalue weighted by molar-refractivity contribution is -0.111. The molecular formula is C32H39N7O2. The molecular weight excluding hydrogens is 514 g/mol. The molecule has 0 atom stereocenters. The molecule has 2 aromatic heterocycles. The Bertz CT molecular complexity index is 1570. The van der Waals surface area contributed by atoms with E-state index in [4.69, 9.17) is 14.7 Å². The predicted molar refractivity (Wildman–Crippen MR) is 167 cm³/mol. The number of fused-ring (bicyclic) bond motifs is 1. The van der Waals surface area contributed by atoms with Crippen molar-refractivity contribution < 1.29 is 9.53 Å². The third-order valence-corrected chi connectivity index (χ3v) is 7.82. The molecule has 9 heteroatoms. The van der Waals surface area contributed by atoms with Crippen LogP contribution in [0.4, 0.5) is 23.0 Å². The van der Waals surface area contributed by atoms with Gasteiger partial charge in [-0.15, -0.1) is 0 Å². The quantitative estimate of drug-likeness (QED) is 0.228. The fourth-order valence-electron chi connectivity index (χ4n) is 5.24. The Morgan fingerprint density at radius 1 is 1.17 bits per heavy atom. The topological polar surface area (TPSA) is 87.5 Å². The van der Waals surface area contributed by atoms with Crippen molar-refractivity contribution in [1.82, 2.24) is 19.4 Å². The van der Waals surface area contributed by atoms with Crippen LogP contribution in [0.1, 0.15) is 30.7 Å². The number of carbonyl (C=O) groups is 1. The summed E-state index contributed by atoms with van der Waals surface area (Å²) >= 11 is 0. The molecule has 9 nitrogen and oxygen atoms in total. The average Bonchev–Trinajstić information content (AvgIpc) is 3.27. The van der Waals surface area contributed by atoms with E-state index in [2.05, 4.69) is 69.1 Å². The Kier molecular flexibility index (Phi) is 8.26. The maximum absolute atomic E-state index is 12.4. The van der Waals surface area contributed by atoms with Gasteiger partial charge in [-0.3, -0.25) is 4.79 Å². The minimum Gasteiger partial charge on any atom is -0.494 e. The largest absolute Gasteiger partial charge is 0.494 e. The van der Waals surface area contributed by atoms with Crippen molar-refractivity contribution in [3.63, 3.8) is 0 Å². The molecule has 1 aliphatic rings. The summed E-state index contributed by atoms with van der Waals surface area (Å²) in [6, 6.07) is 12.2. The first-order valence-corrected chi connectivity index (χ1v) is 14.0. The van der Waals surface area contributed by atoms with Crippen LogP contribution >= 0.6 is 0 Å². The highest BCUT2D eigenvalue weighted by Crippen LogP contribution is 2.43. The number of carbonyl (C=O) groups excluding carboxylic acids is 1. The first-order valence-electron chi connectivity index (χ1n) is 14.0. The fraction of sp³-hybridized carbons (Fsp3) is 0.344. The Balaban J connectivity index is 1.56. The minimum atomic E-state index is -0.289. The zero-order valence-corrected chi connectivity index (χ0v) is 24.6. The van der Waals surface area contributed by atoms with Crippen LogP contribution in [0.5, 0.6) is 5.75 Å². The number of nitrogens with one attached hydrogen (secondary N) is 2. The molecule has 1 amide bonds. The van der Waals surface area contributed by atoms with Gasteiger partial charge in [0.15, 0.2) is 0 Å². The zero-order chi connectivity index (χ0) is 29.1. The molecule has 0 radical (unpaired) electrons. The van der Waals surface area contributed by atoms with Gasteiger partial charge in [0, 0.05) is 67.7 Å². The van der Waals surface area contributed by atoms with Gasteiger partial charge in [0.05, 0.1) is 29.9 Å². The maximum atomic E-state index is 12.4. The second-order valence-electron chi connectivity index (χ2n) is 10.9. The standard InChI is InChI=1S/C32H39N7O2/c1-7-30(40)34-25-17-26(29(41-6)18-28(25)38(4)16-15-37(2)3)35-32-33-19-23(21-11-10-12-21)31(36-32)24-20-39(5)27-14-9-8-13-22(24)27/h7-9,13-14,17-21H,1,10-12,15-16H2,2-6H3,(H,34,40)(H,33,35,36). The summed E-state index contributed by atoms with van der Waals surface area (Å²) in [7, 11) is 9.76. The Labute approximate surface area is 241 Å². The maximum Gasteiger partial charge on any atom is 0.247 e. The van der Waals surface area contributed by atoms with E-state index in [0.717, 1.165) is 53.8 Å². The third-order valence-electron chi connectivity index (χ3n) is 7.82. The van der Waals surface area contributed by atoms with Gasteiger partial charge >= 0.3 is 0 Å². The molecule has 0 spiro atoms. The highest BCUT2D eigenvalue weighted by atomic mass is 16.5. The molecule has 0 aliphatic heterocycles. The van der Waals surface area contributed by atoms with E-state index in [1.54, 1.807) is 7.11 Å². The van der Waals surface area contributed by atoms with E-state index in [9.17, 15) is 4.79 Å². The number of hydrogen-bond donors (Lipinski definition) is 2. The lowest BCUT2D eigenvalue weighted by atomic mass is 9.79. The van der Waals surface area contributed by atoms with Crippen LogP contribution in [0, 0.1) is 0 Å². The molecule has 41 heavy (non-hydrogen) atoms. The van der Waals surface area contributed by atoms with Crippen molar-refractivity contribution in [3.8, 4) is 17.0 Å². The molecule has 0 unspecified atom stereocenters. The zero-order valence-electron chi connectivity index (χ0n) is 24.6. The Morgan fingerprint density at radius 3 is 2.63 bits per heavy atom. The van der Waals surface area contributed by atoms with Crippen molar-refractivity contribution >= 4 is 39.8 Å². The summed E-state index contributed by atoms with van der Waals surface area (Å²) in [5.74, 6) is 1.25. The van der Waals surface area contributed by atoms with E-state index >= 15 is 0 Å². The van der Waals surface area contributed by atoms with Gasteiger partial charge in [0.25, 0.3) is 0 Å². The number of amides is 1. The first-order chi connectivity index (χ1) is 19.8. The van der Waals surface area contributed by atoms with Crippen LogP contribution in [0.3, 0.4) is 0 Å². The van der Waals surface area contributed by atoms with Crippen LogP contribution < -0.4 is 20.3 Å². The summed E-state index contributed by atoms with van der Waals surface area (Å²) in [4.78, 5) is 26.4. The van der Waals surface area contributed by atoms with Gasteiger partial charge in [-0.05, 0) is 51.1 Å². The Morgan fingerprint density at radius 2 is 1.95 bits per heavy atom. The smallest absolute Gasteiger partial charge is 0.247 e. The van der Waals surface area contributed by atoms with Crippen LogP contribution in [0.25, 0.3) is 22.2 Å². The molecule has 214 valence electrons. The average molecular weight is 554 g/mol. The monoisotopic (exact) mass is 553 g/mol. The summed E-state index contributed by atoms with van der Waals surface area (Å²) in [5.41, 5.74) is 6.51. The van der Waals surface area contributed by atoms with Crippen LogP contribution in [-0.2, 0) is 11.8 Å².